The van der Waals surface area contributed by atoms with E-state index in [0.29, 0.717) is 36.4 Å². The van der Waals surface area contributed by atoms with Gasteiger partial charge in [0.1, 0.15) is 24.2 Å². The highest BCUT2D eigenvalue weighted by atomic mass is 16.5. The van der Waals surface area contributed by atoms with Gasteiger partial charge < -0.3 is 29.7 Å². The average Bonchev–Trinajstić information content (AvgIpc) is 3.76. The standard InChI is InChI=1S/C28H33N3O6/c1-31-23-11-10-21(14-26(32)29-15-17-3-8-20(35-2)9-4-17)37-25(23)16-36-24-12-7-19(13-22(24)28(31)34)30-27(33)18-5-6-18/h3-4,7-9,12-13,18,21,23,25H,5-6,10-11,14-16H2,1-2H3,(H,29,32)(H,30,33)/t21-,23+,25-/m0/s1. The van der Waals surface area contributed by atoms with Crippen molar-refractivity contribution in [2.24, 2.45) is 5.92 Å². The van der Waals surface area contributed by atoms with E-state index in [1.165, 1.54) is 0 Å². The second-order valence-electron chi connectivity index (χ2n) is 9.97. The monoisotopic (exact) mass is 507 g/mol. The first-order valence-electron chi connectivity index (χ1n) is 12.8. The van der Waals surface area contributed by atoms with Crippen LogP contribution in [0.1, 0.15) is 48.0 Å². The van der Waals surface area contributed by atoms with E-state index in [0.717, 1.165) is 24.2 Å². The van der Waals surface area contributed by atoms with Crippen LogP contribution in [0.4, 0.5) is 5.69 Å². The lowest BCUT2D eigenvalue weighted by Crippen LogP contribution is -2.53. The Kier molecular flexibility index (Phi) is 7.32. The Morgan fingerprint density at radius 2 is 1.86 bits per heavy atom. The third-order valence-electron chi connectivity index (χ3n) is 7.29. The van der Waals surface area contributed by atoms with Crippen LogP contribution in [0.2, 0.25) is 0 Å². The minimum atomic E-state index is -0.343. The van der Waals surface area contributed by atoms with Crippen LogP contribution >= 0.6 is 0 Å². The molecule has 2 fully saturated rings. The molecule has 3 atom stereocenters. The number of fused-ring (bicyclic) bond motifs is 2. The van der Waals surface area contributed by atoms with Gasteiger partial charge in [0.2, 0.25) is 11.8 Å². The maximum Gasteiger partial charge on any atom is 0.257 e. The number of carbonyl (C=O) groups is 3. The number of nitrogens with one attached hydrogen (secondary N) is 2. The summed E-state index contributed by atoms with van der Waals surface area (Å²) >= 11 is 0. The zero-order chi connectivity index (χ0) is 25.9. The fourth-order valence-electron chi connectivity index (χ4n) is 4.92. The van der Waals surface area contributed by atoms with Gasteiger partial charge in [0, 0.05) is 25.2 Å². The summed E-state index contributed by atoms with van der Waals surface area (Å²) in [5.41, 5.74) is 2.01. The van der Waals surface area contributed by atoms with E-state index in [2.05, 4.69) is 10.6 Å². The minimum absolute atomic E-state index is 0.00709. The Morgan fingerprint density at radius 3 is 2.59 bits per heavy atom. The van der Waals surface area contributed by atoms with Gasteiger partial charge in [-0.25, -0.2) is 0 Å². The topological polar surface area (TPSA) is 106 Å². The Labute approximate surface area is 216 Å². The first-order valence-corrected chi connectivity index (χ1v) is 12.8. The fourth-order valence-corrected chi connectivity index (χ4v) is 4.92. The fraction of sp³-hybridized carbons (Fsp3) is 0.464. The van der Waals surface area contributed by atoms with Crippen LogP contribution in [0.5, 0.6) is 11.5 Å². The van der Waals surface area contributed by atoms with Crippen LogP contribution in [-0.2, 0) is 20.9 Å². The molecule has 3 aliphatic rings. The van der Waals surface area contributed by atoms with Crippen LogP contribution in [0.25, 0.3) is 0 Å². The highest BCUT2D eigenvalue weighted by Crippen LogP contribution is 2.34. The van der Waals surface area contributed by atoms with Crippen molar-refractivity contribution in [1.82, 2.24) is 10.2 Å². The number of carbonyl (C=O) groups excluding carboxylic acids is 3. The predicted octanol–water partition coefficient (Wildman–Crippen LogP) is 3.13. The van der Waals surface area contributed by atoms with E-state index in [9.17, 15) is 14.4 Å². The maximum atomic E-state index is 13.4. The minimum Gasteiger partial charge on any atom is -0.497 e. The molecule has 9 nitrogen and oxygen atoms in total. The van der Waals surface area contributed by atoms with Crippen molar-refractivity contribution in [2.45, 2.75) is 56.9 Å². The zero-order valence-corrected chi connectivity index (χ0v) is 21.2. The van der Waals surface area contributed by atoms with Gasteiger partial charge in [-0.2, -0.15) is 0 Å². The molecule has 37 heavy (non-hydrogen) atoms. The third kappa shape index (κ3) is 5.88. The molecule has 1 aliphatic carbocycles. The average molecular weight is 508 g/mol. The van der Waals surface area contributed by atoms with Crippen molar-refractivity contribution >= 4 is 23.4 Å². The molecule has 9 heteroatoms. The number of hydrogen-bond donors (Lipinski definition) is 2. The number of ether oxygens (including phenoxy) is 3. The number of benzene rings is 2. The first kappa shape index (κ1) is 25.1. The predicted molar refractivity (Wildman–Crippen MR) is 137 cm³/mol. The van der Waals surface area contributed by atoms with Gasteiger partial charge in [-0.1, -0.05) is 12.1 Å². The SMILES string of the molecule is COc1ccc(CNC(=O)C[C@@H]2CC[C@@H]3[C@H](COc4ccc(NC(=O)C5CC5)cc4C(=O)N3C)O2)cc1. The van der Waals surface area contributed by atoms with Crippen molar-refractivity contribution in [2.75, 3.05) is 26.1 Å². The molecular formula is C28H33N3O6. The molecule has 3 amide bonds. The number of rotatable bonds is 7. The summed E-state index contributed by atoms with van der Waals surface area (Å²) in [4.78, 5) is 39.8. The summed E-state index contributed by atoms with van der Waals surface area (Å²) in [5, 5.41) is 5.85. The molecule has 1 saturated heterocycles. The summed E-state index contributed by atoms with van der Waals surface area (Å²) in [7, 11) is 3.39. The summed E-state index contributed by atoms with van der Waals surface area (Å²) in [6.07, 6.45) is 2.86. The van der Waals surface area contributed by atoms with Gasteiger partial charge >= 0.3 is 0 Å². The second kappa shape index (κ2) is 10.8. The smallest absolute Gasteiger partial charge is 0.257 e. The Bertz CT molecular complexity index is 1160. The Balaban J connectivity index is 1.18. The second-order valence-corrected chi connectivity index (χ2v) is 9.97. The lowest BCUT2D eigenvalue weighted by Gasteiger charge is -2.42. The number of hydrogen-bond acceptors (Lipinski definition) is 6. The summed E-state index contributed by atoms with van der Waals surface area (Å²) in [5.74, 6) is 1.05. The quantitative estimate of drug-likeness (QED) is 0.597. The number of anilines is 1. The van der Waals surface area contributed by atoms with Crippen LogP contribution in [0, 0.1) is 5.92 Å². The van der Waals surface area contributed by atoms with Crippen LogP contribution in [0.15, 0.2) is 42.5 Å². The molecule has 0 unspecified atom stereocenters. The first-order chi connectivity index (χ1) is 17.9. The number of methoxy groups -OCH3 is 1. The van der Waals surface area contributed by atoms with E-state index in [1.807, 2.05) is 24.3 Å². The van der Waals surface area contributed by atoms with Crippen molar-refractivity contribution in [1.29, 1.82) is 0 Å². The maximum absolute atomic E-state index is 13.4. The van der Waals surface area contributed by atoms with Crippen molar-refractivity contribution < 1.29 is 28.6 Å². The van der Waals surface area contributed by atoms with Crippen LogP contribution in [0.3, 0.4) is 0 Å². The molecule has 2 heterocycles. The molecule has 2 aliphatic heterocycles. The third-order valence-corrected chi connectivity index (χ3v) is 7.29. The molecular weight excluding hydrogens is 474 g/mol. The lowest BCUT2D eigenvalue weighted by molar-refractivity contribution is -0.134. The van der Waals surface area contributed by atoms with Crippen LogP contribution < -0.4 is 20.1 Å². The lowest BCUT2D eigenvalue weighted by atomic mass is 9.94. The Hall–Kier alpha value is -3.59. The normalized spacial score (nSPS) is 23.0. The summed E-state index contributed by atoms with van der Waals surface area (Å²) < 4.78 is 17.5. The van der Waals surface area contributed by atoms with Gasteiger partial charge in [-0.3, -0.25) is 14.4 Å². The van der Waals surface area contributed by atoms with E-state index in [4.69, 9.17) is 14.2 Å². The highest BCUT2D eigenvalue weighted by molar-refractivity contribution is 6.00. The van der Waals surface area contributed by atoms with Gasteiger partial charge in [0.15, 0.2) is 0 Å². The van der Waals surface area contributed by atoms with Crippen molar-refractivity contribution in [3.63, 3.8) is 0 Å². The summed E-state index contributed by atoms with van der Waals surface area (Å²) in [6.45, 7) is 0.703. The van der Waals surface area contributed by atoms with E-state index in [-0.39, 0.29) is 54.9 Å². The molecule has 2 aromatic rings. The molecule has 0 bridgehead atoms. The molecule has 0 radical (unpaired) electrons. The summed E-state index contributed by atoms with van der Waals surface area (Å²) in [6, 6.07) is 12.6. The Morgan fingerprint density at radius 1 is 1.08 bits per heavy atom. The van der Waals surface area contributed by atoms with Crippen molar-refractivity contribution in [3.8, 4) is 11.5 Å². The van der Waals surface area contributed by atoms with E-state index < -0.39 is 0 Å². The number of likely N-dealkylation sites (N-methyl/N-ethyl adjacent to an activating group) is 1. The number of amides is 3. The van der Waals surface area contributed by atoms with Crippen molar-refractivity contribution in [3.05, 3.63) is 53.6 Å². The molecule has 2 N–H and O–H groups in total. The number of nitrogens with zero attached hydrogens (tertiary/aromatic N) is 1. The molecule has 1 saturated carbocycles. The van der Waals surface area contributed by atoms with Gasteiger partial charge in [0.25, 0.3) is 5.91 Å². The van der Waals surface area contributed by atoms with E-state index in [1.54, 1.807) is 37.3 Å². The van der Waals surface area contributed by atoms with Gasteiger partial charge in [-0.05, 0) is 61.6 Å². The molecule has 2 aromatic carbocycles. The van der Waals surface area contributed by atoms with Gasteiger partial charge in [-0.15, -0.1) is 0 Å². The molecule has 0 spiro atoms. The zero-order valence-electron chi connectivity index (χ0n) is 21.2. The molecule has 5 rings (SSSR count). The molecule has 0 aromatic heterocycles. The highest BCUT2D eigenvalue weighted by Gasteiger charge is 2.39. The van der Waals surface area contributed by atoms with Crippen LogP contribution in [-0.4, -0.2) is 61.6 Å². The van der Waals surface area contributed by atoms with E-state index >= 15 is 0 Å². The largest absolute Gasteiger partial charge is 0.497 e. The molecule has 196 valence electrons. The van der Waals surface area contributed by atoms with Gasteiger partial charge in [0.05, 0.1) is 31.2 Å².